The summed E-state index contributed by atoms with van der Waals surface area (Å²) in [6, 6.07) is 22.6. The number of nitrogens with zero attached hydrogens (tertiary/aromatic N) is 1. The Morgan fingerprint density at radius 2 is 1.38 bits per heavy atom. The molecule has 0 aromatic heterocycles. The van der Waals surface area contributed by atoms with Crippen LogP contribution in [0.15, 0.2) is 60.7 Å². The number of alkyl carbamates (subject to hydrolysis) is 1. The number of carbonyl (C=O) groups excluding carboxylic acids is 1. The maximum absolute atomic E-state index is 12.1. The summed E-state index contributed by atoms with van der Waals surface area (Å²) >= 11 is 6.19. The van der Waals surface area contributed by atoms with Gasteiger partial charge < -0.3 is 19.6 Å². The van der Waals surface area contributed by atoms with E-state index in [1.807, 2.05) is 20.8 Å². The van der Waals surface area contributed by atoms with Crippen LogP contribution >= 0.6 is 31.9 Å². The average molecular weight is 727 g/mol. The van der Waals surface area contributed by atoms with Crippen molar-refractivity contribution in [2.45, 2.75) is 102 Å². The van der Waals surface area contributed by atoms with Gasteiger partial charge in [0.1, 0.15) is 5.60 Å². The molecule has 1 aliphatic heterocycles. The zero-order valence-electron chi connectivity index (χ0n) is 26.1. The maximum Gasteiger partial charge on any atom is 0.407 e. The van der Waals surface area contributed by atoms with E-state index in [1.165, 1.54) is 10.4 Å². The molecule has 4 rings (SSSR count). The number of likely N-dealkylation sites (tertiary alicyclic amines) is 1. The van der Waals surface area contributed by atoms with Crippen LogP contribution in [0.4, 0.5) is 4.79 Å². The van der Waals surface area contributed by atoms with Crippen molar-refractivity contribution in [3.05, 3.63) is 60.7 Å². The second kappa shape index (κ2) is 15.7. The first kappa shape index (κ1) is 35.2. The minimum Gasteiger partial charge on any atom is -0.444 e. The second-order valence-electron chi connectivity index (χ2n) is 13.5. The van der Waals surface area contributed by atoms with Crippen molar-refractivity contribution in [3.8, 4) is 0 Å². The van der Waals surface area contributed by atoms with Gasteiger partial charge in [-0.1, -0.05) is 113 Å². The van der Waals surface area contributed by atoms with E-state index in [0.29, 0.717) is 16.7 Å². The Balaban J connectivity index is 0.000000730. The van der Waals surface area contributed by atoms with E-state index in [4.69, 9.17) is 14.3 Å². The van der Waals surface area contributed by atoms with Crippen molar-refractivity contribution in [2.24, 2.45) is 0 Å². The van der Waals surface area contributed by atoms with E-state index in [-0.39, 0.29) is 29.4 Å². The Bertz CT molecular complexity index is 1040. The molecular weight excluding hydrogens is 676 g/mol. The van der Waals surface area contributed by atoms with E-state index in [2.05, 4.69) is 124 Å². The fraction of sp³-hybridized carbons (Fsp3) is 0.606. The number of alkyl halides is 2. The molecule has 0 atom stereocenters. The predicted octanol–water partition coefficient (Wildman–Crippen LogP) is 6.22. The molecule has 2 aliphatic rings. The number of aliphatic hydroxyl groups excluding tert-OH is 1. The predicted molar refractivity (Wildman–Crippen MR) is 183 cm³/mol. The summed E-state index contributed by atoms with van der Waals surface area (Å²) in [7, 11) is -2.50. The molecule has 2 aromatic carbocycles. The second-order valence-corrected chi connectivity index (χ2v) is 19.0. The number of hydrogen-bond acceptors (Lipinski definition) is 5. The average Bonchev–Trinajstić information content (AvgIpc) is 2.92. The van der Waals surface area contributed by atoms with Gasteiger partial charge >= 0.3 is 6.09 Å². The highest BCUT2D eigenvalue weighted by Crippen LogP contribution is 2.39. The first-order valence-corrected chi connectivity index (χ1v) is 19.3. The van der Waals surface area contributed by atoms with Crippen LogP contribution < -0.4 is 15.7 Å². The van der Waals surface area contributed by atoms with Gasteiger partial charge in [-0.3, -0.25) is 4.90 Å². The summed E-state index contributed by atoms with van der Waals surface area (Å²) < 4.78 is 12.7. The lowest BCUT2D eigenvalue weighted by Crippen LogP contribution is -2.71. The number of nitrogens with one attached hydrogen (secondary N) is 1. The molecule has 0 unspecified atom stereocenters. The molecule has 0 spiro atoms. The van der Waals surface area contributed by atoms with E-state index in [9.17, 15) is 4.79 Å². The van der Waals surface area contributed by atoms with Gasteiger partial charge in [0.2, 0.25) is 0 Å². The summed E-state index contributed by atoms with van der Waals surface area (Å²) in [5.74, 6) is 0. The molecule has 1 heterocycles. The molecule has 6 nitrogen and oxygen atoms in total. The van der Waals surface area contributed by atoms with Gasteiger partial charge in [0.15, 0.2) is 0 Å². The Kier molecular flexibility index (Phi) is 13.1. The monoisotopic (exact) mass is 724 g/mol. The van der Waals surface area contributed by atoms with Crippen LogP contribution in [0.5, 0.6) is 0 Å². The number of aliphatic hydroxyl groups is 1. The quantitative estimate of drug-likeness (QED) is 0.250. The van der Waals surface area contributed by atoms with Crippen molar-refractivity contribution in [1.29, 1.82) is 0 Å². The van der Waals surface area contributed by atoms with Crippen LogP contribution in [0.1, 0.15) is 67.2 Å². The molecule has 0 radical (unpaired) electrons. The van der Waals surface area contributed by atoms with Crippen molar-refractivity contribution in [2.75, 3.05) is 23.7 Å². The van der Waals surface area contributed by atoms with Crippen LogP contribution in [0.25, 0.3) is 0 Å². The highest BCUT2D eigenvalue weighted by molar-refractivity contribution is 9.09. The van der Waals surface area contributed by atoms with E-state index < -0.39 is 13.9 Å². The molecule has 2 fully saturated rings. The Morgan fingerprint density at radius 1 is 0.905 bits per heavy atom. The molecule has 1 amide bonds. The maximum atomic E-state index is 12.1. The fourth-order valence-electron chi connectivity index (χ4n) is 5.88. The first-order valence-electron chi connectivity index (χ1n) is 15.1. The van der Waals surface area contributed by atoms with E-state index in [1.54, 1.807) is 0 Å². The number of carbonyl (C=O) groups is 1. The molecular formula is C33H50Br2N2O4Si. The minimum atomic E-state index is -2.50. The Labute approximate surface area is 271 Å². The molecule has 0 bridgehead atoms. The summed E-state index contributed by atoms with van der Waals surface area (Å²) in [6.45, 7) is 14.7. The highest BCUT2D eigenvalue weighted by Gasteiger charge is 2.53. The van der Waals surface area contributed by atoms with Crippen molar-refractivity contribution in [1.82, 2.24) is 10.2 Å². The lowest BCUT2D eigenvalue weighted by atomic mass is 9.88. The summed E-state index contributed by atoms with van der Waals surface area (Å²) in [5, 5.41) is 15.6. The number of rotatable bonds is 8. The van der Waals surface area contributed by atoms with Gasteiger partial charge in [0, 0.05) is 35.8 Å². The Hall–Kier alpha value is -1.23. The molecule has 2 N–H and O–H groups in total. The minimum absolute atomic E-state index is 0.00151. The third kappa shape index (κ3) is 9.63. The lowest BCUT2D eigenvalue weighted by Gasteiger charge is -2.52. The smallest absolute Gasteiger partial charge is 0.407 e. The van der Waals surface area contributed by atoms with Gasteiger partial charge in [-0.15, -0.1) is 0 Å². The molecule has 42 heavy (non-hydrogen) atoms. The number of ether oxygens (including phenoxy) is 1. The zero-order valence-corrected chi connectivity index (χ0v) is 30.3. The largest absolute Gasteiger partial charge is 0.444 e. The van der Waals surface area contributed by atoms with E-state index >= 15 is 0 Å². The van der Waals surface area contributed by atoms with Crippen molar-refractivity contribution >= 4 is 56.6 Å². The number of halogens is 2. The molecule has 1 saturated heterocycles. The van der Waals surface area contributed by atoms with Crippen LogP contribution in [-0.4, -0.2) is 78.1 Å². The van der Waals surface area contributed by atoms with Gasteiger partial charge in [-0.25, -0.2) is 4.79 Å². The zero-order chi connectivity index (χ0) is 31.0. The SMILES string of the molecule is CC(C)(C)OC(=O)NC1CCC(N2CC(O[Si](c3ccccc3)(c3ccccc3)C(C)(C)C)C2)CC1.OC(CBr)CBr. The molecule has 234 valence electrons. The van der Waals surface area contributed by atoms with Gasteiger partial charge in [-0.2, -0.15) is 0 Å². The first-order chi connectivity index (χ1) is 19.8. The normalized spacial score (nSPS) is 20.3. The fourth-order valence-corrected chi connectivity index (χ4v) is 11.6. The van der Waals surface area contributed by atoms with Crippen LogP contribution in [0.2, 0.25) is 5.04 Å². The van der Waals surface area contributed by atoms with Crippen LogP contribution in [0.3, 0.4) is 0 Å². The van der Waals surface area contributed by atoms with Crippen LogP contribution in [-0.2, 0) is 9.16 Å². The summed E-state index contributed by atoms with van der Waals surface area (Å²) in [4.78, 5) is 14.7. The van der Waals surface area contributed by atoms with Crippen molar-refractivity contribution < 1.29 is 19.1 Å². The number of hydrogen-bond donors (Lipinski definition) is 2. The Morgan fingerprint density at radius 3 is 1.76 bits per heavy atom. The topological polar surface area (TPSA) is 71.0 Å². The molecule has 9 heteroatoms. The third-order valence-electron chi connectivity index (χ3n) is 7.93. The lowest BCUT2D eigenvalue weighted by molar-refractivity contribution is -0.0262. The number of amides is 1. The van der Waals surface area contributed by atoms with Gasteiger partial charge in [0.05, 0.1) is 12.2 Å². The molecule has 1 saturated carbocycles. The van der Waals surface area contributed by atoms with Gasteiger partial charge in [0.25, 0.3) is 8.32 Å². The van der Waals surface area contributed by atoms with E-state index in [0.717, 1.165) is 38.8 Å². The summed E-state index contributed by atoms with van der Waals surface area (Å²) in [5.41, 5.74) is -0.459. The molecule has 1 aliphatic carbocycles. The standard InChI is InChI=1S/C30H44N2O3Si.C3H6Br2O/c1-29(2,3)34-28(33)31-23-17-19-24(20-18-23)32-21-25(22-32)35-36(30(4,5)6,26-13-9-7-10-14-26)27-15-11-8-12-16-27;4-1-3(6)2-5/h7-16,23-25H,17-22H2,1-6H3,(H,31,33);3,6H,1-2H2. The van der Waals surface area contributed by atoms with Crippen molar-refractivity contribution in [3.63, 3.8) is 0 Å². The van der Waals surface area contributed by atoms with Gasteiger partial charge in [-0.05, 0) is 61.9 Å². The molecule has 2 aromatic rings. The van der Waals surface area contributed by atoms with Crippen LogP contribution in [0, 0.1) is 0 Å². The highest BCUT2D eigenvalue weighted by atomic mass is 79.9. The third-order valence-corrected chi connectivity index (χ3v) is 14.5. The number of benzene rings is 2. The summed E-state index contributed by atoms with van der Waals surface area (Å²) in [6.07, 6.45) is 3.92.